The summed E-state index contributed by atoms with van der Waals surface area (Å²) in [7, 11) is 0. The Morgan fingerprint density at radius 2 is 1.78 bits per heavy atom. The lowest BCUT2D eigenvalue weighted by atomic mass is 10.1. The second kappa shape index (κ2) is 9.49. The number of fused-ring (bicyclic) bond motifs is 1. The number of aromatic nitrogens is 3. The molecule has 8 nitrogen and oxygen atoms in total. The van der Waals surface area contributed by atoms with Crippen LogP contribution in [-0.2, 0) is 6.18 Å². The molecule has 0 radical (unpaired) electrons. The van der Waals surface area contributed by atoms with Gasteiger partial charge < -0.3 is 19.5 Å². The molecule has 4 aromatic rings. The second-order valence-corrected chi connectivity index (χ2v) is 8.44. The van der Waals surface area contributed by atoms with E-state index in [-0.39, 0.29) is 30.6 Å². The van der Waals surface area contributed by atoms with Crippen molar-refractivity contribution in [3.05, 3.63) is 77.9 Å². The minimum Gasteiger partial charge on any atom is -0.460 e. The topological polar surface area (TPSA) is 87.5 Å². The fraction of sp³-hybridized carbons (Fsp3) is 0.192. The summed E-state index contributed by atoms with van der Waals surface area (Å²) in [6.07, 6.45) is -4.67. The van der Waals surface area contributed by atoms with Gasteiger partial charge in [0.2, 0.25) is 6.79 Å². The molecular formula is C26H21F3N4O4. The number of amides is 1. The monoisotopic (exact) mass is 510 g/mol. The van der Waals surface area contributed by atoms with Crippen LogP contribution >= 0.6 is 0 Å². The van der Waals surface area contributed by atoms with Crippen LogP contribution in [0, 0.1) is 0 Å². The normalized spacial score (nSPS) is 12.6. The van der Waals surface area contributed by atoms with E-state index in [0.29, 0.717) is 34.0 Å². The third-order valence-electron chi connectivity index (χ3n) is 5.38. The van der Waals surface area contributed by atoms with E-state index in [1.165, 1.54) is 16.8 Å². The van der Waals surface area contributed by atoms with Crippen molar-refractivity contribution in [2.24, 2.45) is 0 Å². The highest BCUT2D eigenvalue weighted by molar-refractivity contribution is 6.04. The SMILES string of the molecule is CC(C)Oc1nc(-c2ccc(C(F)(F)F)cc2)n(-c2cccc(NC(=O)c3ccc4c(c3)OCO4)c2)n1. The molecule has 1 aliphatic rings. The molecule has 0 fully saturated rings. The van der Waals surface area contributed by atoms with Crippen LogP contribution in [0.15, 0.2) is 66.7 Å². The molecule has 0 spiro atoms. The predicted octanol–water partition coefficient (Wildman–Crippen LogP) is 5.72. The summed E-state index contributed by atoms with van der Waals surface area (Å²) >= 11 is 0. The predicted molar refractivity (Wildman–Crippen MR) is 128 cm³/mol. The Labute approximate surface area is 209 Å². The maximum absolute atomic E-state index is 13.0. The zero-order valence-electron chi connectivity index (χ0n) is 19.7. The van der Waals surface area contributed by atoms with Gasteiger partial charge in [0.15, 0.2) is 17.3 Å². The molecule has 3 aromatic carbocycles. The van der Waals surface area contributed by atoms with Gasteiger partial charge in [-0.2, -0.15) is 18.2 Å². The van der Waals surface area contributed by atoms with Gasteiger partial charge in [0.05, 0.1) is 17.4 Å². The summed E-state index contributed by atoms with van der Waals surface area (Å²) in [5.41, 5.74) is 1.02. The average Bonchev–Trinajstić information content (AvgIpc) is 3.50. The molecule has 1 N–H and O–H groups in total. The van der Waals surface area contributed by atoms with Gasteiger partial charge in [-0.3, -0.25) is 4.79 Å². The zero-order valence-corrected chi connectivity index (χ0v) is 19.7. The highest BCUT2D eigenvalue weighted by Crippen LogP contribution is 2.33. The molecule has 0 atom stereocenters. The van der Waals surface area contributed by atoms with Crippen LogP contribution in [-0.4, -0.2) is 33.6 Å². The van der Waals surface area contributed by atoms with Crippen molar-refractivity contribution in [3.8, 4) is 34.6 Å². The van der Waals surface area contributed by atoms with Crippen molar-refractivity contribution in [1.29, 1.82) is 0 Å². The van der Waals surface area contributed by atoms with Crippen molar-refractivity contribution in [2.45, 2.75) is 26.1 Å². The van der Waals surface area contributed by atoms with E-state index in [1.54, 1.807) is 42.5 Å². The van der Waals surface area contributed by atoms with E-state index >= 15 is 0 Å². The van der Waals surface area contributed by atoms with E-state index in [1.807, 2.05) is 13.8 Å². The third kappa shape index (κ3) is 5.20. The largest absolute Gasteiger partial charge is 0.460 e. The van der Waals surface area contributed by atoms with Crippen molar-refractivity contribution >= 4 is 11.6 Å². The van der Waals surface area contributed by atoms with Gasteiger partial charge in [0.25, 0.3) is 5.91 Å². The number of carbonyl (C=O) groups excluding carboxylic acids is 1. The van der Waals surface area contributed by atoms with Crippen molar-refractivity contribution in [1.82, 2.24) is 14.8 Å². The molecule has 0 aliphatic carbocycles. The maximum Gasteiger partial charge on any atom is 0.416 e. The number of ether oxygens (including phenoxy) is 3. The summed E-state index contributed by atoms with van der Waals surface area (Å²) in [5.74, 6) is 0.979. The van der Waals surface area contributed by atoms with Gasteiger partial charge in [-0.05, 0) is 62.4 Å². The quantitative estimate of drug-likeness (QED) is 0.357. The summed E-state index contributed by atoms with van der Waals surface area (Å²) in [6.45, 7) is 3.72. The molecular weight excluding hydrogens is 489 g/mol. The van der Waals surface area contributed by atoms with Crippen LogP contribution in [0.1, 0.15) is 29.8 Å². The number of nitrogens with one attached hydrogen (secondary N) is 1. The molecule has 1 amide bonds. The Balaban J connectivity index is 1.46. The number of hydrogen-bond donors (Lipinski definition) is 1. The molecule has 0 saturated heterocycles. The molecule has 0 bridgehead atoms. The number of rotatable bonds is 6. The number of hydrogen-bond acceptors (Lipinski definition) is 6. The molecule has 1 aliphatic heterocycles. The summed E-state index contributed by atoms with van der Waals surface area (Å²) in [5, 5.41) is 7.23. The van der Waals surface area contributed by atoms with Crippen molar-refractivity contribution < 1.29 is 32.2 Å². The van der Waals surface area contributed by atoms with E-state index in [2.05, 4.69) is 15.4 Å². The van der Waals surface area contributed by atoms with Crippen LogP contribution in [0.3, 0.4) is 0 Å². The number of benzene rings is 3. The van der Waals surface area contributed by atoms with Crippen LogP contribution < -0.4 is 19.5 Å². The summed E-state index contributed by atoms with van der Waals surface area (Å²) < 4.78 is 56.8. The van der Waals surface area contributed by atoms with Gasteiger partial charge in [-0.25, -0.2) is 4.68 Å². The molecule has 190 valence electrons. The Morgan fingerprint density at radius 3 is 2.51 bits per heavy atom. The van der Waals surface area contributed by atoms with Gasteiger partial charge in [0.1, 0.15) is 0 Å². The third-order valence-corrected chi connectivity index (χ3v) is 5.38. The zero-order chi connectivity index (χ0) is 26.2. The number of nitrogens with zero attached hydrogens (tertiary/aromatic N) is 3. The Bertz CT molecular complexity index is 1450. The summed E-state index contributed by atoms with van der Waals surface area (Å²) in [4.78, 5) is 17.2. The van der Waals surface area contributed by atoms with Gasteiger partial charge in [-0.15, -0.1) is 5.10 Å². The minimum absolute atomic E-state index is 0.0692. The standard InChI is InChI=1S/C26H21F3N4O4/c1-15(2)37-25-31-23(16-6-9-18(10-7-16)26(27,28)29)33(32-25)20-5-3-4-19(13-20)30-24(34)17-8-11-21-22(12-17)36-14-35-21/h3-13,15H,14H2,1-2H3,(H,30,34). The number of anilines is 1. The first-order valence-electron chi connectivity index (χ1n) is 11.3. The lowest BCUT2D eigenvalue weighted by Crippen LogP contribution is -2.12. The summed E-state index contributed by atoms with van der Waals surface area (Å²) in [6, 6.07) is 16.4. The molecule has 5 rings (SSSR count). The molecule has 37 heavy (non-hydrogen) atoms. The highest BCUT2D eigenvalue weighted by Gasteiger charge is 2.30. The van der Waals surface area contributed by atoms with Gasteiger partial charge in [0, 0.05) is 16.8 Å². The number of halogens is 3. The first kappa shape index (κ1) is 24.2. The number of carbonyl (C=O) groups is 1. The Hall–Kier alpha value is -4.54. The molecule has 1 aromatic heterocycles. The first-order chi connectivity index (χ1) is 17.7. The van der Waals surface area contributed by atoms with E-state index in [9.17, 15) is 18.0 Å². The van der Waals surface area contributed by atoms with Gasteiger partial charge in [-0.1, -0.05) is 18.2 Å². The van der Waals surface area contributed by atoms with Crippen LogP contribution in [0.4, 0.5) is 18.9 Å². The average molecular weight is 510 g/mol. The Kier molecular flexibility index (Phi) is 6.20. The maximum atomic E-state index is 13.0. The van der Waals surface area contributed by atoms with E-state index in [4.69, 9.17) is 14.2 Å². The van der Waals surface area contributed by atoms with Crippen molar-refractivity contribution in [3.63, 3.8) is 0 Å². The van der Waals surface area contributed by atoms with Crippen LogP contribution in [0.2, 0.25) is 0 Å². The lowest BCUT2D eigenvalue weighted by molar-refractivity contribution is -0.137. The molecule has 0 unspecified atom stereocenters. The highest BCUT2D eigenvalue weighted by atomic mass is 19.4. The molecule has 0 saturated carbocycles. The molecule has 11 heteroatoms. The number of alkyl halides is 3. The smallest absolute Gasteiger partial charge is 0.416 e. The van der Waals surface area contributed by atoms with E-state index in [0.717, 1.165) is 12.1 Å². The van der Waals surface area contributed by atoms with Gasteiger partial charge >= 0.3 is 12.2 Å². The fourth-order valence-electron chi connectivity index (χ4n) is 3.69. The Morgan fingerprint density at radius 1 is 1.03 bits per heavy atom. The molecule has 2 heterocycles. The second-order valence-electron chi connectivity index (χ2n) is 8.44. The lowest BCUT2D eigenvalue weighted by Gasteiger charge is -2.11. The first-order valence-corrected chi connectivity index (χ1v) is 11.3. The van der Waals surface area contributed by atoms with Crippen molar-refractivity contribution in [2.75, 3.05) is 12.1 Å². The minimum atomic E-state index is -4.46. The fourth-order valence-corrected chi connectivity index (χ4v) is 3.69. The van der Waals surface area contributed by atoms with Crippen LogP contribution in [0.25, 0.3) is 17.1 Å². The van der Waals surface area contributed by atoms with E-state index < -0.39 is 11.7 Å². The van der Waals surface area contributed by atoms with Crippen LogP contribution in [0.5, 0.6) is 17.5 Å².